The second kappa shape index (κ2) is 4.92. The van der Waals surface area contributed by atoms with Gasteiger partial charge in [-0.2, -0.15) is 0 Å². The quantitative estimate of drug-likeness (QED) is 0.643. The van der Waals surface area contributed by atoms with Crippen LogP contribution in [-0.2, 0) is 4.74 Å². The van der Waals surface area contributed by atoms with Crippen LogP contribution in [0, 0.1) is 0 Å². The summed E-state index contributed by atoms with van der Waals surface area (Å²) in [5, 5.41) is 1.97. The zero-order chi connectivity index (χ0) is 15.3. The molecule has 0 aromatic heterocycles. The Morgan fingerprint density at radius 1 is 1.00 bits per heavy atom. The molecule has 0 radical (unpaired) electrons. The van der Waals surface area contributed by atoms with E-state index in [9.17, 15) is 9.59 Å². The Morgan fingerprint density at radius 3 is 2.09 bits per heavy atom. The van der Waals surface area contributed by atoms with Crippen molar-refractivity contribution in [3.8, 4) is 0 Å². The fourth-order valence-electron chi connectivity index (χ4n) is 3.23. The lowest BCUT2D eigenvalue weighted by atomic mass is 10.0. The van der Waals surface area contributed by atoms with Gasteiger partial charge in [0.2, 0.25) is 0 Å². The van der Waals surface area contributed by atoms with Gasteiger partial charge in [0.05, 0.1) is 23.3 Å². The van der Waals surface area contributed by atoms with Gasteiger partial charge in [0.15, 0.2) is 0 Å². The number of ether oxygens (including phenoxy) is 1. The molecule has 112 valence electrons. The maximum absolute atomic E-state index is 12.5. The first-order valence-corrected chi connectivity index (χ1v) is 7.73. The standard InChI is InChI=1S/C18H17NO3/c1-2-15-16(22-15)7-8-19-17(20)13-9-11-5-3-4-6-12(11)10-14(13)18(19)21/h3-6,9-10,15-16H,2,7-8H2,1H3. The van der Waals surface area contributed by atoms with E-state index in [2.05, 4.69) is 6.92 Å². The molecule has 2 unspecified atom stereocenters. The minimum absolute atomic E-state index is 0.181. The van der Waals surface area contributed by atoms with Gasteiger partial charge in [0.1, 0.15) is 0 Å². The second-order valence-electron chi connectivity index (χ2n) is 5.92. The molecule has 0 aliphatic carbocycles. The van der Waals surface area contributed by atoms with Gasteiger partial charge in [-0.05, 0) is 35.7 Å². The molecule has 2 aliphatic rings. The monoisotopic (exact) mass is 295 g/mol. The van der Waals surface area contributed by atoms with E-state index in [-0.39, 0.29) is 17.9 Å². The highest BCUT2D eigenvalue weighted by atomic mass is 16.6. The van der Waals surface area contributed by atoms with Crippen LogP contribution in [0.2, 0.25) is 0 Å². The van der Waals surface area contributed by atoms with Crippen molar-refractivity contribution in [1.29, 1.82) is 0 Å². The molecule has 22 heavy (non-hydrogen) atoms. The molecule has 2 aromatic carbocycles. The van der Waals surface area contributed by atoms with Crippen LogP contribution in [0.15, 0.2) is 36.4 Å². The van der Waals surface area contributed by atoms with E-state index in [1.165, 1.54) is 4.90 Å². The van der Waals surface area contributed by atoms with Gasteiger partial charge in [-0.25, -0.2) is 0 Å². The predicted molar refractivity (Wildman–Crippen MR) is 82.9 cm³/mol. The van der Waals surface area contributed by atoms with Crippen LogP contribution in [0.5, 0.6) is 0 Å². The number of epoxide rings is 1. The van der Waals surface area contributed by atoms with Crippen molar-refractivity contribution in [3.63, 3.8) is 0 Å². The molecule has 1 fully saturated rings. The molecule has 0 N–H and O–H groups in total. The van der Waals surface area contributed by atoms with Crippen LogP contribution in [0.1, 0.15) is 40.5 Å². The average molecular weight is 295 g/mol. The zero-order valence-electron chi connectivity index (χ0n) is 12.4. The third-order valence-corrected chi connectivity index (χ3v) is 4.56. The van der Waals surface area contributed by atoms with Crippen molar-refractivity contribution >= 4 is 22.6 Å². The van der Waals surface area contributed by atoms with Gasteiger partial charge in [0, 0.05) is 6.54 Å². The molecule has 2 amide bonds. The van der Waals surface area contributed by atoms with Gasteiger partial charge >= 0.3 is 0 Å². The second-order valence-corrected chi connectivity index (χ2v) is 5.92. The Bertz CT molecular complexity index is 728. The van der Waals surface area contributed by atoms with Crippen molar-refractivity contribution < 1.29 is 14.3 Å². The summed E-state index contributed by atoms with van der Waals surface area (Å²) >= 11 is 0. The molecular weight excluding hydrogens is 278 g/mol. The topological polar surface area (TPSA) is 49.9 Å². The Morgan fingerprint density at radius 2 is 1.59 bits per heavy atom. The highest BCUT2D eigenvalue weighted by Crippen LogP contribution is 2.31. The van der Waals surface area contributed by atoms with Gasteiger partial charge in [0.25, 0.3) is 11.8 Å². The zero-order valence-corrected chi connectivity index (χ0v) is 12.4. The van der Waals surface area contributed by atoms with Crippen molar-refractivity contribution in [2.24, 2.45) is 0 Å². The highest BCUT2D eigenvalue weighted by molar-refractivity contribution is 6.23. The SMILES string of the molecule is CCC1OC1CCN1C(=O)c2cc3ccccc3cc2C1=O. The van der Waals surface area contributed by atoms with Gasteiger partial charge in [-0.1, -0.05) is 31.2 Å². The molecular formula is C18H17NO3. The van der Waals surface area contributed by atoms with Crippen molar-refractivity contribution in [2.45, 2.75) is 32.0 Å². The summed E-state index contributed by atoms with van der Waals surface area (Å²) < 4.78 is 5.49. The number of rotatable bonds is 4. The van der Waals surface area contributed by atoms with Crippen LogP contribution >= 0.6 is 0 Å². The Balaban J connectivity index is 1.60. The van der Waals surface area contributed by atoms with E-state index in [1.807, 2.05) is 36.4 Å². The largest absolute Gasteiger partial charge is 0.370 e. The number of amides is 2. The number of benzene rings is 2. The number of hydrogen-bond donors (Lipinski definition) is 0. The summed E-state index contributed by atoms with van der Waals surface area (Å²) in [4.78, 5) is 26.4. The molecule has 2 aliphatic heterocycles. The molecule has 2 aromatic rings. The normalized spacial score (nSPS) is 23.2. The van der Waals surface area contributed by atoms with Gasteiger partial charge in [-0.15, -0.1) is 0 Å². The number of hydrogen-bond acceptors (Lipinski definition) is 3. The summed E-state index contributed by atoms with van der Waals surface area (Å²) in [6.07, 6.45) is 2.22. The number of carbonyl (C=O) groups is 2. The summed E-state index contributed by atoms with van der Waals surface area (Å²) in [5.74, 6) is -0.362. The lowest BCUT2D eigenvalue weighted by Crippen LogP contribution is -2.31. The maximum Gasteiger partial charge on any atom is 0.261 e. The molecule has 0 spiro atoms. The van der Waals surface area contributed by atoms with E-state index in [1.54, 1.807) is 0 Å². The molecule has 2 heterocycles. The lowest BCUT2D eigenvalue weighted by Gasteiger charge is -2.12. The van der Waals surface area contributed by atoms with E-state index < -0.39 is 0 Å². The molecule has 2 atom stereocenters. The van der Waals surface area contributed by atoms with Crippen molar-refractivity contribution in [3.05, 3.63) is 47.5 Å². The highest BCUT2D eigenvalue weighted by Gasteiger charge is 2.40. The first-order valence-electron chi connectivity index (χ1n) is 7.73. The molecule has 1 saturated heterocycles. The first kappa shape index (κ1) is 13.5. The number of imide groups is 1. The van der Waals surface area contributed by atoms with E-state index in [4.69, 9.17) is 4.74 Å². The third-order valence-electron chi connectivity index (χ3n) is 4.56. The molecule has 4 nitrogen and oxygen atoms in total. The number of carbonyl (C=O) groups excluding carboxylic acids is 2. The summed E-state index contributed by atoms with van der Waals surface area (Å²) in [7, 11) is 0. The van der Waals surface area contributed by atoms with Crippen LogP contribution in [0.4, 0.5) is 0 Å². The van der Waals surface area contributed by atoms with Crippen LogP contribution < -0.4 is 0 Å². The Kier molecular flexibility index (Phi) is 3.01. The smallest absolute Gasteiger partial charge is 0.261 e. The van der Waals surface area contributed by atoms with Crippen LogP contribution in [0.3, 0.4) is 0 Å². The molecule has 4 heteroatoms. The lowest BCUT2D eigenvalue weighted by molar-refractivity contribution is 0.0650. The molecule has 4 rings (SSSR count). The Hall–Kier alpha value is -2.20. The van der Waals surface area contributed by atoms with Crippen LogP contribution in [-0.4, -0.2) is 35.5 Å². The van der Waals surface area contributed by atoms with Crippen molar-refractivity contribution in [2.75, 3.05) is 6.54 Å². The predicted octanol–water partition coefficient (Wildman–Crippen LogP) is 3.00. The van der Waals surface area contributed by atoms with Crippen molar-refractivity contribution in [1.82, 2.24) is 4.90 Å². The Labute approximate surface area is 128 Å². The molecule has 0 saturated carbocycles. The average Bonchev–Trinajstić information content (AvgIpc) is 3.27. The fraction of sp³-hybridized carbons (Fsp3) is 0.333. The summed E-state index contributed by atoms with van der Waals surface area (Å²) in [6.45, 7) is 2.52. The first-order chi connectivity index (χ1) is 10.7. The minimum Gasteiger partial charge on any atom is -0.370 e. The minimum atomic E-state index is -0.181. The van der Waals surface area contributed by atoms with Gasteiger partial charge in [-0.3, -0.25) is 14.5 Å². The fourth-order valence-corrected chi connectivity index (χ4v) is 3.23. The van der Waals surface area contributed by atoms with E-state index in [0.29, 0.717) is 23.8 Å². The van der Waals surface area contributed by atoms with E-state index >= 15 is 0 Å². The summed E-state index contributed by atoms with van der Waals surface area (Å²) in [5.41, 5.74) is 1.04. The number of fused-ring (bicyclic) bond motifs is 2. The van der Waals surface area contributed by atoms with Crippen LogP contribution in [0.25, 0.3) is 10.8 Å². The summed E-state index contributed by atoms with van der Waals surface area (Å²) in [6, 6.07) is 11.4. The number of nitrogens with zero attached hydrogens (tertiary/aromatic N) is 1. The van der Waals surface area contributed by atoms with Gasteiger partial charge < -0.3 is 4.74 Å². The third kappa shape index (κ3) is 2.03. The van der Waals surface area contributed by atoms with E-state index in [0.717, 1.165) is 23.6 Å². The molecule has 0 bridgehead atoms. The maximum atomic E-state index is 12.5.